The second-order valence-corrected chi connectivity index (χ2v) is 7.45. The van der Waals surface area contributed by atoms with Gasteiger partial charge in [0.05, 0.1) is 23.0 Å². The second-order valence-electron chi connectivity index (χ2n) is 7.45. The molecule has 3 fully saturated rings. The molecular formula is C18H15N3O5. The number of phenolic OH excluding ortho intramolecular Hbond substituents is 1. The quantitative estimate of drug-likeness (QED) is 0.293. The van der Waals surface area contributed by atoms with Gasteiger partial charge in [-0.2, -0.15) is 10.1 Å². The highest BCUT2D eigenvalue weighted by Gasteiger charge is 2.73. The van der Waals surface area contributed by atoms with Crippen molar-refractivity contribution >= 4 is 23.7 Å². The molecule has 2 amide bonds. The number of nitro benzene ring substituents is 1. The van der Waals surface area contributed by atoms with Crippen LogP contribution in [0.5, 0.6) is 5.75 Å². The Hall–Kier alpha value is -3.03. The van der Waals surface area contributed by atoms with Gasteiger partial charge in [0.2, 0.25) is 0 Å². The summed E-state index contributed by atoms with van der Waals surface area (Å²) >= 11 is 0. The normalized spacial score (nSPS) is 32.8. The summed E-state index contributed by atoms with van der Waals surface area (Å²) in [6.07, 6.45) is 7.40. The number of aromatic hydroxyl groups is 1. The van der Waals surface area contributed by atoms with Crippen molar-refractivity contribution < 1.29 is 19.6 Å². The number of fused-ring (bicyclic) bond motifs is 3. The van der Waals surface area contributed by atoms with E-state index in [0.29, 0.717) is 0 Å². The highest BCUT2D eigenvalue weighted by atomic mass is 16.6. The molecule has 26 heavy (non-hydrogen) atoms. The fourth-order valence-corrected chi connectivity index (χ4v) is 5.06. The Morgan fingerprint density at radius 3 is 2.35 bits per heavy atom. The number of rotatable bonds is 3. The molecule has 4 aliphatic rings. The predicted molar refractivity (Wildman–Crippen MR) is 89.0 cm³/mol. The Bertz CT molecular complexity index is 899. The molecule has 0 unspecified atom stereocenters. The van der Waals surface area contributed by atoms with Crippen LogP contribution in [0.3, 0.4) is 0 Å². The zero-order chi connectivity index (χ0) is 18.2. The van der Waals surface area contributed by atoms with Crippen molar-refractivity contribution in [3.05, 3.63) is 46.0 Å². The molecule has 0 aromatic heterocycles. The standard InChI is InChI=1S/C18H15N3O5/c22-13-4-1-10(21(25)26)7-9(13)8-19-20-16(23)14-11-2-3-12(15(14)17(20)24)18(11)5-6-18/h1-4,7-8,11-12,14-15,22H,5-6H2/b19-8-/t11-,12+,14-,15+. The lowest BCUT2D eigenvalue weighted by molar-refractivity contribution is -0.384. The van der Waals surface area contributed by atoms with E-state index in [4.69, 9.17) is 0 Å². The van der Waals surface area contributed by atoms with E-state index >= 15 is 0 Å². The van der Waals surface area contributed by atoms with E-state index in [1.165, 1.54) is 12.1 Å². The summed E-state index contributed by atoms with van der Waals surface area (Å²) in [6.45, 7) is 0. The zero-order valence-corrected chi connectivity index (χ0v) is 13.6. The first-order chi connectivity index (χ1) is 12.4. The third kappa shape index (κ3) is 1.76. The first kappa shape index (κ1) is 15.2. The van der Waals surface area contributed by atoms with E-state index < -0.39 is 4.92 Å². The van der Waals surface area contributed by atoms with Crippen LogP contribution in [0.4, 0.5) is 5.69 Å². The molecule has 1 saturated heterocycles. The molecule has 5 rings (SSSR count). The summed E-state index contributed by atoms with van der Waals surface area (Å²) in [5, 5.41) is 25.5. The Morgan fingerprint density at radius 1 is 1.19 bits per heavy atom. The van der Waals surface area contributed by atoms with Crippen LogP contribution < -0.4 is 0 Å². The largest absolute Gasteiger partial charge is 0.507 e. The zero-order valence-electron chi connectivity index (χ0n) is 13.6. The molecule has 1 N–H and O–H groups in total. The number of hydrogen-bond donors (Lipinski definition) is 1. The number of allylic oxidation sites excluding steroid dienone is 2. The predicted octanol–water partition coefficient (Wildman–Crippen LogP) is 1.83. The molecule has 1 spiro atoms. The van der Waals surface area contributed by atoms with Crippen molar-refractivity contribution in [1.29, 1.82) is 0 Å². The number of carbonyl (C=O) groups is 2. The number of carbonyl (C=O) groups excluding carboxylic acids is 2. The molecule has 1 heterocycles. The first-order valence-electron chi connectivity index (χ1n) is 8.51. The van der Waals surface area contributed by atoms with Crippen LogP contribution in [0.1, 0.15) is 18.4 Å². The molecular weight excluding hydrogens is 338 g/mol. The van der Waals surface area contributed by atoms with Gasteiger partial charge in [-0.1, -0.05) is 12.2 Å². The lowest BCUT2D eigenvalue weighted by atomic mass is 9.85. The molecule has 132 valence electrons. The molecule has 1 aromatic carbocycles. The van der Waals surface area contributed by atoms with Gasteiger partial charge in [0.1, 0.15) is 5.75 Å². The van der Waals surface area contributed by atoms with Crippen LogP contribution in [0, 0.1) is 39.2 Å². The second kappa shape index (κ2) is 4.78. The van der Waals surface area contributed by atoms with Crippen molar-refractivity contribution in [3.8, 4) is 5.75 Å². The minimum absolute atomic E-state index is 0.0802. The average molecular weight is 353 g/mol. The monoisotopic (exact) mass is 353 g/mol. The molecule has 2 bridgehead atoms. The summed E-state index contributed by atoms with van der Waals surface area (Å²) in [5.74, 6) is -1.32. The van der Waals surface area contributed by atoms with Gasteiger partial charge in [-0.05, 0) is 36.2 Å². The molecule has 8 heteroatoms. The van der Waals surface area contributed by atoms with E-state index in [1.54, 1.807) is 0 Å². The van der Waals surface area contributed by atoms with Gasteiger partial charge in [-0.25, -0.2) is 0 Å². The molecule has 3 aliphatic carbocycles. The fraction of sp³-hybridized carbons (Fsp3) is 0.389. The number of benzene rings is 1. The van der Waals surface area contributed by atoms with E-state index in [2.05, 4.69) is 17.3 Å². The van der Waals surface area contributed by atoms with Gasteiger partial charge < -0.3 is 5.11 Å². The van der Waals surface area contributed by atoms with Crippen LogP contribution in [-0.4, -0.2) is 33.1 Å². The van der Waals surface area contributed by atoms with Gasteiger partial charge >= 0.3 is 0 Å². The summed E-state index contributed by atoms with van der Waals surface area (Å²) < 4.78 is 0. The van der Waals surface area contributed by atoms with Gasteiger partial charge in [0.25, 0.3) is 17.5 Å². The highest BCUT2D eigenvalue weighted by molar-refractivity contribution is 6.07. The Kier molecular flexibility index (Phi) is 2.80. The van der Waals surface area contributed by atoms with E-state index in [-0.39, 0.29) is 57.9 Å². The van der Waals surface area contributed by atoms with Crippen LogP contribution in [-0.2, 0) is 9.59 Å². The van der Waals surface area contributed by atoms with Crippen molar-refractivity contribution in [2.45, 2.75) is 12.8 Å². The van der Waals surface area contributed by atoms with Gasteiger partial charge in [-0.3, -0.25) is 19.7 Å². The van der Waals surface area contributed by atoms with E-state index in [9.17, 15) is 24.8 Å². The SMILES string of the molecule is O=C1[C@@H]2[C@H](C(=O)N1/N=C\c1cc([N+](=O)[O-])ccc1O)[C@H]1C=C[C@@H]2C12CC2. The number of non-ortho nitro benzene ring substituents is 1. The maximum atomic E-state index is 12.8. The lowest BCUT2D eigenvalue weighted by Crippen LogP contribution is -2.30. The smallest absolute Gasteiger partial charge is 0.270 e. The maximum absolute atomic E-state index is 12.8. The summed E-state index contributed by atoms with van der Waals surface area (Å²) in [5.41, 5.74) is -0.0101. The van der Waals surface area contributed by atoms with E-state index in [0.717, 1.165) is 30.1 Å². The number of imide groups is 1. The van der Waals surface area contributed by atoms with Crippen LogP contribution in [0.15, 0.2) is 35.5 Å². The number of phenols is 1. The average Bonchev–Trinajstić information content (AvgIpc) is 3.21. The first-order valence-corrected chi connectivity index (χ1v) is 8.51. The molecule has 8 nitrogen and oxygen atoms in total. The van der Waals surface area contributed by atoms with Crippen molar-refractivity contribution in [2.24, 2.45) is 34.2 Å². The van der Waals surface area contributed by atoms with Crippen LogP contribution in [0.2, 0.25) is 0 Å². The Morgan fingerprint density at radius 2 is 1.81 bits per heavy atom. The maximum Gasteiger partial charge on any atom is 0.270 e. The fourth-order valence-electron chi connectivity index (χ4n) is 5.06. The van der Waals surface area contributed by atoms with Crippen molar-refractivity contribution in [3.63, 3.8) is 0 Å². The lowest BCUT2D eigenvalue weighted by Gasteiger charge is -2.18. The van der Waals surface area contributed by atoms with Gasteiger partial charge in [-0.15, -0.1) is 0 Å². The number of nitrogens with zero attached hydrogens (tertiary/aromatic N) is 3. The molecule has 1 aliphatic heterocycles. The topological polar surface area (TPSA) is 113 Å². The number of amides is 2. The Labute approximate surface area is 147 Å². The highest BCUT2D eigenvalue weighted by Crippen LogP contribution is 2.73. The number of hydrogen-bond acceptors (Lipinski definition) is 6. The van der Waals surface area contributed by atoms with Gasteiger partial charge in [0, 0.05) is 17.7 Å². The van der Waals surface area contributed by atoms with E-state index in [1.807, 2.05) is 0 Å². The minimum atomic E-state index is -0.591. The van der Waals surface area contributed by atoms with Crippen molar-refractivity contribution in [1.82, 2.24) is 5.01 Å². The molecule has 0 radical (unpaired) electrons. The minimum Gasteiger partial charge on any atom is -0.507 e. The number of nitro groups is 1. The van der Waals surface area contributed by atoms with Gasteiger partial charge in [0.15, 0.2) is 0 Å². The summed E-state index contributed by atoms with van der Waals surface area (Å²) in [7, 11) is 0. The number of hydrazone groups is 1. The molecule has 4 atom stereocenters. The summed E-state index contributed by atoms with van der Waals surface area (Å²) in [4.78, 5) is 35.8. The van der Waals surface area contributed by atoms with Crippen LogP contribution >= 0.6 is 0 Å². The third-order valence-electron chi connectivity index (χ3n) is 6.36. The van der Waals surface area contributed by atoms with Crippen molar-refractivity contribution in [2.75, 3.05) is 0 Å². The third-order valence-corrected chi connectivity index (χ3v) is 6.36. The molecule has 1 aromatic rings. The van der Waals surface area contributed by atoms with Crippen LogP contribution in [0.25, 0.3) is 0 Å². The molecule has 2 saturated carbocycles. The Balaban J connectivity index is 1.44. The summed E-state index contributed by atoms with van der Waals surface area (Å²) in [6, 6.07) is 3.50.